The van der Waals surface area contributed by atoms with Crippen molar-refractivity contribution in [3.8, 4) is 0 Å². The summed E-state index contributed by atoms with van der Waals surface area (Å²) < 4.78 is 0. The minimum absolute atomic E-state index is 0.0356. The highest BCUT2D eigenvalue weighted by Crippen LogP contribution is 2.07. The van der Waals surface area contributed by atoms with Gasteiger partial charge in [-0.15, -0.1) is 0 Å². The summed E-state index contributed by atoms with van der Waals surface area (Å²) in [5, 5.41) is 2.95. The van der Waals surface area contributed by atoms with E-state index in [2.05, 4.69) is 19.2 Å². The van der Waals surface area contributed by atoms with E-state index in [4.69, 9.17) is 0 Å². The third kappa shape index (κ3) is 3.39. The van der Waals surface area contributed by atoms with Gasteiger partial charge in [-0.1, -0.05) is 38.5 Å². The lowest BCUT2D eigenvalue weighted by molar-refractivity contribution is 0.0947. The van der Waals surface area contributed by atoms with Crippen molar-refractivity contribution in [3.63, 3.8) is 0 Å². The number of hydrogen-bond acceptors (Lipinski definition) is 1. The highest BCUT2D eigenvalue weighted by molar-refractivity contribution is 5.95. The molecule has 0 bridgehead atoms. The second-order valence-electron chi connectivity index (χ2n) is 4.04. The van der Waals surface area contributed by atoms with Crippen LogP contribution in [0.5, 0.6) is 0 Å². The maximum Gasteiger partial charge on any atom is 0.251 e. The first kappa shape index (κ1) is 11.8. The maximum absolute atomic E-state index is 11.8. The summed E-state index contributed by atoms with van der Waals surface area (Å²) >= 11 is 0. The van der Waals surface area contributed by atoms with Crippen LogP contribution < -0.4 is 5.32 Å². The van der Waals surface area contributed by atoms with Crippen molar-refractivity contribution in [1.82, 2.24) is 5.32 Å². The molecule has 0 aliphatic heterocycles. The van der Waals surface area contributed by atoms with Gasteiger partial charge in [0.05, 0.1) is 0 Å². The molecule has 0 aliphatic rings. The molecule has 1 rings (SSSR count). The first-order chi connectivity index (χ1) is 7.15. The van der Waals surface area contributed by atoms with E-state index in [9.17, 15) is 4.79 Å². The van der Waals surface area contributed by atoms with Crippen LogP contribution in [0.15, 0.2) is 24.3 Å². The molecule has 82 valence electrons. The topological polar surface area (TPSA) is 29.1 Å². The Morgan fingerprint density at radius 2 is 2.07 bits per heavy atom. The molecule has 1 aromatic carbocycles. The molecule has 1 amide bonds. The van der Waals surface area contributed by atoms with Crippen molar-refractivity contribution in [1.29, 1.82) is 0 Å². The highest BCUT2D eigenvalue weighted by atomic mass is 16.1. The average molecular weight is 205 g/mol. The van der Waals surface area contributed by atoms with Crippen LogP contribution in [0.2, 0.25) is 0 Å². The van der Waals surface area contributed by atoms with Gasteiger partial charge in [0, 0.05) is 12.1 Å². The quantitative estimate of drug-likeness (QED) is 0.804. The van der Waals surface area contributed by atoms with E-state index < -0.39 is 0 Å². The number of hydrogen-bond donors (Lipinski definition) is 1. The number of carbonyl (C=O) groups is 1. The molecular formula is C13H19NO. The molecule has 0 spiro atoms. The standard InChI is InChI=1S/C13H19NO/c1-4-10(2)9-14-13(15)12-8-6-5-7-11(12)3/h5-8,10H,4,9H2,1-3H3,(H,14,15). The third-order valence-electron chi connectivity index (χ3n) is 2.70. The van der Waals surface area contributed by atoms with E-state index in [1.54, 1.807) is 0 Å². The Bertz CT molecular complexity index is 333. The Hall–Kier alpha value is -1.31. The second-order valence-corrected chi connectivity index (χ2v) is 4.04. The minimum atomic E-state index is 0.0356. The van der Waals surface area contributed by atoms with Gasteiger partial charge in [0.2, 0.25) is 0 Å². The molecule has 0 saturated carbocycles. The zero-order valence-corrected chi connectivity index (χ0v) is 9.71. The van der Waals surface area contributed by atoms with Gasteiger partial charge < -0.3 is 5.32 Å². The molecule has 1 N–H and O–H groups in total. The lowest BCUT2D eigenvalue weighted by atomic mass is 10.1. The third-order valence-corrected chi connectivity index (χ3v) is 2.70. The zero-order valence-electron chi connectivity index (χ0n) is 9.71. The summed E-state index contributed by atoms with van der Waals surface area (Å²) in [6.07, 6.45) is 1.09. The molecule has 1 unspecified atom stereocenters. The molecular weight excluding hydrogens is 186 g/mol. The number of amides is 1. The zero-order chi connectivity index (χ0) is 11.3. The summed E-state index contributed by atoms with van der Waals surface area (Å²) in [6.45, 7) is 6.98. The van der Waals surface area contributed by atoms with Crippen LogP contribution in [0.3, 0.4) is 0 Å². The molecule has 0 fully saturated rings. The Balaban J connectivity index is 2.58. The SMILES string of the molecule is CCC(C)CNC(=O)c1ccccc1C. The van der Waals surface area contributed by atoms with Gasteiger partial charge in [0.25, 0.3) is 5.91 Å². The van der Waals surface area contributed by atoms with Gasteiger partial charge >= 0.3 is 0 Å². The molecule has 0 aromatic heterocycles. The fourth-order valence-electron chi connectivity index (χ4n) is 1.33. The molecule has 2 heteroatoms. The van der Waals surface area contributed by atoms with Gasteiger partial charge in [0.1, 0.15) is 0 Å². The molecule has 1 atom stereocenters. The summed E-state index contributed by atoms with van der Waals surface area (Å²) in [7, 11) is 0. The van der Waals surface area contributed by atoms with Crippen LogP contribution in [-0.4, -0.2) is 12.5 Å². The van der Waals surface area contributed by atoms with E-state index in [1.807, 2.05) is 31.2 Å². The predicted octanol–water partition coefficient (Wildman–Crippen LogP) is 2.77. The monoisotopic (exact) mass is 205 g/mol. The molecule has 1 aromatic rings. The summed E-state index contributed by atoms with van der Waals surface area (Å²) in [5.41, 5.74) is 1.81. The number of carbonyl (C=O) groups excluding carboxylic acids is 1. The lowest BCUT2D eigenvalue weighted by Gasteiger charge is -2.11. The van der Waals surface area contributed by atoms with Gasteiger partial charge in [-0.3, -0.25) is 4.79 Å². The van der Waals surface area contributed by atoms with Crippen molar-refractivity contribution in [3.05, 3.63) is 35.4 Å². The summed E-state index contributed by atoms with van der Waals surface area (Å²) in [4.78, 5) is 11.8. The fraction of sp³-hybridized carbons (Fsp3) is 0.462. The maximum atomic E-state index is 11.8. The van der Waals surface area contributed by atoms with E-state index in [0.29, 0.717) is 5.92 Å². The van der Waals surface area contributed by atoms with Crippen molar-refractivity contribution >= 4 is 5.91 Å². The number of nitrogens with one attached hydrogen (secondary N) is 1. The first-order valence-corrected chi connectivity index (χ1v) is 5.49. The molecule has 0 aliphatic carbocycles. The Morgan fingerprint density at radius 1 is 1.40 bits per heavy atom. The van der Waals surface area contributed by atoms with Gasteiger partial charge in [0.15, 0.2) is 0 Å². The summed E-state index contributed by atoms with van der Waals surface area (Å²) in [6, 6.07) is 7.66. The molecule has 0 radical (unpaired) electrons. The molecule has 15 heavy (non-hydrogen) atoms. The normalized spacial score (nSPS) is 12.2. The van der Waals surface area contributed by atoms with Crippen LogP contribution in [0.1, 0.15) is 36.2 Å². The van der Waals surface area contributed by atoms with Crippen LogP contribution in [-0.2, 0) is 0 Å². The lowest BCUT2D eigenvalue weighted by Crippen LogP contribution is -2.28. The molecule has 2 nitrogen and oxygen atoms in total. The van der Waals surface area contributed by atoms with E-state index in [0.717, 1.165) is 24.1 Å². The van der Waals surface area contributed by atoms with Crippen molar-refractivity contribution < 1.29 is 4.79 Å². The smallest absolute Gasteiger partial charge is 0.251 e. The predicted molar refractivity (Wildman–Crippen MR) is 63.0 cm³/mol. The second kappa shape index (κ2) is 5.54. The van der Waals surface area contributed by atoms with Crippen molar-refractivity contribution in [2.45, 2.75) is 27.2 Å². The Labute approximate surface area is 91.7 Å². The van der Waals surface area contributed by atoms with Crippen molar-refractivity contribution in [2.75, 3.05) is 6.54 Å². The van der Waals surface area contributed by atoms with Gasteiger partial charge in [-0.2, -0.15) is 0 Å². The molecule has 0 heterocycles. The number of rotatable bonds is 4. The van der Waals surface area contributed by atoms with Crippen LogP contribution >= 0.6 is 0 Å². The van der Waals surface area contributed by atoms with Gasteiger partial charge in [-0.05, 0) is 24.5 Å². The van der Waals surface area contributed by atoms with Crippen LogP contribution in [0, 0.1) is 12.8 Å². The van der Waals surface area contributed by atoms with E-state index in [1.165, 1.54) is 0 Å². The van der Waals surface area contributed by atoms with E-state index >= 15 is 0 Å². The van der Waals surface area contributed by atoms with Gasteiger partial charge in [-0.25, -0.2) is 0 Å². The fourth-order valence-corrected chi connectivity index (χ4v) is 1.33. The summed E-state index contributed by atoms with van der Waals surface area (Å²) in [5.74, 6) is 0.575. The van der Waals surface area contributed by atoms with Crippen molar-refractivity contribution in [2.24, 2.45) is 5.92 Å². The number of aryl methyl sites for hydroxylation is 1. The van der Waals surface area contributed by atoms with E-state index in [-0.39, 0.29) is 5.91 Å². The first-order valence-electron chi connectivity index (χ1n) is 5.49. The number of benzene rings is 1. The largest absolute Gasteiger partial charge is 0.352 e. The Kier molecular flexibility index (Phi) is 4.35. The van der Waals surface area contributed by atoms with Crippen LogP contribution in [0.25, 0.3) is 0 Å². The Morgan fingerprint density at radius 3 is 2.67 bits per heavy atom. The average Bonchev–Trinajstić information content (AvgIpc) is 2.26. The highest BCUT2D eigenvalue weighted by Gasteiger charge is 2.08. The van der Waals surface area contributed by atoms with Crippen LogP contribution in [0.4, 0.5) is 0 Å². The molecule has 0 saturated heterocycles. The minimum Gasteiger partial charge on any atom is -0.352 e.